The van der Waals surface area contributed by atoms with Crippen LogP contribution in [0.3, 0.4) is 0 Å². The van der Waals surface area contributed by atoms with Crippen LogP contribution < -0.4 is 5.73 Å². The van der Waals surface area contributed by atoms with E-state index in [1.807, 2.05) is 6.07 Å². The van der Waals surface area contributed by atoms with E-state index < -0.39 is 0 Å². The summed E-state index contributed by atoms with van der Waals surface area (Å²) in [5, 5.41) is 0. The molecule has 0 radical (unpaired) electrons. The molecule has 0 aromatic heterocycles. The standard InChI is InChI=1S/C17H28BrN/c1-2-3-4-5-6-7-8-9-14-17(19)15-12-10-11-13-16(15)18/h10-13,17H,2-9,14,19H2,1H3. The molecule has 0 amide bonds. The summed E-state index contributed by atoms with van der Waals surface area (Å²) in [5.41, 5.74) is 7.49. The number of halogens is 1. The molecule has 0 fully saturated rings. The zero-order valence-electron chi connectivity index (χ0n) is 12.2. The maximum Gasteiger partial charge on any atom is 0.0306 e. The summed E-state index contributed by atoms with van der Waals surface area (Å²) in [6.45, 7) is 2.27. The van der Waals surface area contributed by atoms with Gasteiger partial charge in [-0.3, -0.25) is 0 Å². The maximum atomic E-state index is 6.25. The van der Waals surface area contributed by atoms with Gasteiger partial charge in [0.2, 0.25) is 0 Å². The number of nitrogens with two attached hydrogens (primary N) is 1. The molecule has 1 unspecified atom stereocenters. The van der Waals surface area contributed by atoms with Crippen LogP contribution in [0.25, 0.3) is 0 Å². The van der Waals surface area contributed by atoms with Crippen LogP contribution in [-0.4, -0.2) is 0 Å². The van der Waals surface area contributed by atoms with Crippen molar-refractivity contribution in [2.75, 3.05) is 0 Å². The molecule has 0 aliphatic rings. The number of hydrogen-bond acceptors (Lipinski definition) is 1. The summed E-state index contributed by atoms with van der Waals surface area (Å²) in [6, 6.07) is 8.47. The van der Waals surface area contributed by atoms with E-state index in [4.69, 9.17) is 5.73 Å². The average molecular weight is 326 g/mol. The second-order valence-corrected chi connectivity index (χ2v) is 6.25. The van der Waals surface area contributed by atoms with E-state index in [-0.39, 0.29) is 6.04 Å². The lowest BCUT2D eigenvalue weighted by Gasteiger charge is -2.13. The maximum absolute atomic E-state index is 6.25. The van der Waals surface area contributed by atoms with E-state index in [1.165, 1.54) is 56.9 Å². The Kier molecular flexibility index (Phi) is 9.19. The minimum Gasteiger partial charge on any atom is -0.324 e. The van der Waals surface area contributed by atoms with Crippen molar-refractivity contribution < 1.29 is 0 Å². The Morgan fingerprint density at radius 2 is 1.53 bits per heavy atom. The lowest BCUT2D eigenvalue weighted by Crippen LogP contribution is -2.10. The van der Waals surface area contributed by atoms with Crippen LogP contribution in [0.15, 0.2) is 28.7 Å². The van der Waals surface area contributed by atoms with Gasteiger partial charge >= 0.3 is 0 Å². The Labute approximate surface area is 127 Å². The minimum absolute atomic E-state index is 0.177. The predicted octanol–water partition coefficient (Wildman–Crippen LogP) is 5.98. The summed E-state index contributed by atoms with van der Waals surface area (Å²) < 4.78 is 1.14. The Balaban J connectivity index is 2.08. The second kappa shape index (κ2) is 10.4. The molecule has 0 saturated heterocycles. The van der Waals surface area contributed by atoms with Crippen LogP contribution in [0, 0.1) is 0 Å². The number of unbranched alkanes of at least 4 members (excludes halogenated alkanes) is 7. The van der Waals surface area contributed by atoms with E-state index in [9.17, 15) is 0 Å². The first-order valence-electron chi connectivity index (χ1n) is 7.75. The highest BCUT2D eigenvalue weighted by Gasteiger charge is 2.08. The zero-order valence-corrected chi connectivity index (χ0v) is 13.8. The van der Waals surface area contributed by atoms with Gasteiger partial charge in [0.15, 0.2) is 0 Å². The largest absolute Gasteiger partial charge is 0.324 e. The smallest absolute Gasteiger partial charge is 0.0306 e. The summed E-state index contributed by atoms with van der Waals surface area (Å²) in [7, 11) is 0. The molecule has 108 valence electrons. The third-order valence-electron chi connectivity index (χ3n) is 3.67. The van der Waals surface area contributed by atoms with Gasteiger partial charge in [0.05, 0.1) is 0 Å². The third kappa shape index (κ3) is 7.12. The van der Waals surface area contributed by atoms with Crippen LogP contribution in [0.4, 0.5) is 0 Å². The lowest BCUT2D eigenvalue weighted by atomic mass is 10.0. The fourth-order valence-corrected chi connectivity index (χ4v) is 3.01. The van der Waals surface area contributed by atoms with Gasteiger partial charge in [-0.25, -0.2) is 0 Å². The van der Waals surface area contributed by atoms with Crippen LogP contribution in [0.1, 0.15) is 76.3 Å². The first kappa shape index (κ1) is 16.7. The molecule has 1 atom stereocenters. The normalized spacial score (nSPS) is 12.6. The molecule has 0 saturated carbocycles. The van der Waals surface area contributed by atoms with Crippen molar-refractivity contribution in [3.63, 3.8) is 0 Å². The highest BCUT2D eigenvalue weighted by atomic mass is 79.9. The Morgan fingerprint density at radius 3 is 2.16 bits per heavy atom. The predicted molar refractivity (Wildman–Crippen MR) is 88.3 cm³/mol. The van der Waals surface area contributed by atoms with Gasteiger partial charge in [-0.1, -0.05) is 92.4 Å². The van der Waals surface area contributed by atoms with Crippen molar-refractivity contribution >= 4 is 15.9 Å². The summed E-state index contributed by atoms with van der Waals surface area (Å²) in [6.07, 6.45) is 12.0. The molecule has 1 rings (SSSR count). The zero-order chi connectivity index (χ0) is 13.9. The Morgan fingerprint density at radius 1 is 0.947 bits per heavy atom. The third-order valence-corrected chi connectivity index (χ3v) is 4.40. The first-order valence-corrected chi connectivity index (χ1v) is 8.55. The van der Waals surface area contributed by atoms with Gasteiger partial charge < -0.3 is 5.73 Å². The van der Waals surface area contributed by atoms with Crippen LogP contribution in [-0.2, 0) is 0 Å². The van der Waals surface area contributed by atoms with E-state index in [2.05, 4.69) is 41.1 Å². The van der Waals surface area contributed by atoms with Crippen LogP contribution in [0.5, 0.6) is 0 Å². The number of benzene rings is 1. The van der Waals surface area contributed by atoms with Gasteiger partial charge in [-0.15, -0.1) is 0 Å². The summed E-state index contributed by atoms with van der Waals surface area (Å²) in [4.78, 5) is 0. The Bertz CT molecular complexity index is 338. The van der Waals surface area contributed by atoms with Crippen molar-refractivity contribution in [1.82, 2.24) is 0 Å². The molecule has 0 aliphatic carbocycles. The van der Waals surface area contributed by atoms with E-state index in [1.54, 1.807) is 0 Å². The molecule has 1 nitrogen and oxygen atoms in total. The summed E-state index contributed by atoms with van der Waals surface area (Å²) >= 11 is 3.57. The molecule has 0 bridgehead atoms. The molecule has 2 heteroatoms. The van der Waals surface area contributed by atoms with Gasteiger partial charge in [-0.2, -0.15) is 0 Å². The lowest BCUT2D eigenvalue weighted by molar-refractivity contribution is 0.535. The Hall–Kier alpha value is -0.340. The van der Waals surface area contributed by atoms with Crippen molar-refractivity contribution in [2.24, 2.45) is 5.73 Å². The fraction of sp³-hybridized carbons (Fsp3) is 0.647. The van der Waals surface area contributed by atoms with Crippen molar-refractivity contribution in [1.29, 1.82) is 0 Å². The highest BCUT2D eigenvalue weighted by molar-refractivity contribution is 9.10. The first-order chi connectivity index (χ1) is 9.25. The molecule has 0 heterocycles. The van der Waals surface area contributed by atoms with E-state index >= 15 is 0 Å². The van der Waals surface area contributed by atoms with Gasteiger partial charge in [0.1, 0.15) is 0 Å². The van der Waals surface area contributed by atoms with Gasteiger partial charge in [0, 0.05) is 10.5 Å². The highest BCUT2D eigenvalue weighted by Crippen LogP contribution is 2.25. The minimum atomic E-state index is 0.177. The molecule has 0 spiro atoms. The van der Waals surface area contributed by atoms with Crippen LogP contribution >= 0.6 is 15.9 Å². The van der Waals surface area contributed by atoms with Gasteiger partial charge in [-0.05, 0) is 18.1 Å². The van der Waals surface area contributed by atoms with Crippen LogP contribution in [0.2, 0.25) is 0 Å². The quantitative estimate of drug-likeness (QED) is 0.526. The van der Waals surface area contributed by atoms with E-state index in [0.29, 0.717) is 0 Å². The summed E-state index contributed by atoms with van der Waals surface area (Å²) in [5.74, 6) is 0. The monoisotopic (exact) mass is 325 g/mol. The van der Waals surface area contributed by atoms with Crippen molar-refractivity contribution in [3.05, 3.63) is 34.3 Å². The SMILES string of the molecule is CCCCCCCCCCC(N)c1ccccc1Br. The molecular weight excluding hydrogens is 298 g/mol. The van der Waals surface area contributed by atoms with Gasteiger partial charge in [0.25, 0.3) is 0 Å². The topological polar surface area (TPSA) is 26.0 Å². The molecule has 2 N–H and O–H groups in total. The molecule has 1 aromatic rings. The molecule has 19 heavy (non-hydrogen) atoms. The van der Waals surface area contributed by atoms with Crippen molar-refractivity contribution in [2.45, 2.75) is 70.8 Å². The van der Waals surface area contributed by atoms with Crippen molar-refractivity contribution in [3.8, 4) is 0 Å². The fourth-order valence-electron chi connectivity index (χ4n) is 2.43. The molecule has 1 aromatic carbocycles. The molecular formula is C17H28BrN. The van der Waals surface area contributed by atoms with E-state index in [0.717, 1.165) is 10.9 Å². The second-order valence-electron chi connectivity index (χ2n) is 5.39. The molecule has 0 aliphatic heterocycles. The average Bonchev–Trinajstić information content (AvgIpc) is 2.42. The number of rotatable bonds is 10. The number of hydrogen-bond donors (Lipinski definition) is 1.